The number of nitrogens with one attached hydrogen (secondary N) is 2. The Labute approximate surface area is 168 Å². The highest BCUT2D eigenvalue weighted by atomic mass is 35.5. The molecule has 2 aromatic carbocycles. The molecule has 2 N–H and O–H groups in total. The van der Waals surface area contributed by atoms with Gasteiger partial charge in [-0.15, -0.1) is 0 Å². The van der Waals surface area contributed by atoms with Crippen LogP contribution in [0.15, 0.2) is 54.9 Å². The van der Waals surface area contributed by atoms with Crippen molar-refractivity contribution in [1.82, 2.24) is 9.97 Å². The molecule has 0 radical (unpaired) electrons. The Balaban J connectivity index is 1.63. The molecular formula is C21H21ClN4O2. The third kappa shape index (κ3) is 5.20. The number of anilines is 3. The summed E-state index contributed by atoms with van der Waals surface area (Å²) >= 11 is 5.94. The van der Waals surface area contributed by atoms with Gasteiger partial charge in [-0.05, 0) is 68.8 Å². The number of aromatic nitrogens is 2. The Bertz CT molecular complexity index is 957. The molecule has 0 saturated heterocycles. The molecular weight excluding hydrogens is 376 g/mol. The second-order valence-corrected chi connectivity index (χ2v) is 6.95. The Morgan fingerprint density at radius 2 is 1.82 bits per heavy atom. The highest BCUT2D eigenvalue weighted by Crippen LogP contribution is 2.21. The zero-order chi connectivity index (χ0) is 20.1. The van der Waals surface area contributed by atoms with Crippen molar-refractivity contribution in [2.24, 2.45) is 0 Å². The third-order valence-electron chi connectivity index (χ3n) is 3.82. The molecule has 0 unspecified atom stereocenters. The number of ether oxygens (including phenoxy) is 1. The lowest BCUT2D eigenvalue weighted by atomic mass is 10.2. The van der Waals surface area contributed by atoms with Gasteiger partial charge < -0.3 is 15.4 Å². The van der Waals surface area contributed by atoms with Crippen LogP contribution in [-0.2, 0) is 0 Å². The van der Waals surface area contributed by atoms with Crippen LogP contribution in [0.2, 0.25) is 5.02 Å². The first-order chi connectivity index (χ1) is 13.4. The molecule has 1 aromatic heterocycles. The molecule has 6 nitrogen and oxygen atoms in total. The minimum atomic E-state index is -0.334. The number of carbonyl (C=O) groups excluding carboxylic acids is 1. The number of rotatable bonds is 6. The van der Waals surface area contributed by atoms with E-state index in [1.54, 1.807) is 18.2 Å². The van der Waals surface area contributed by atoms with Gasteiger partial charge in [-0.3, -0.25) is 4.79 Å². The summed E-state index contributed by atoms with van der Waals surface area (Å²) in [5, 5.41) is 6.57. The zero-order valence-electron chi connectivity index (χ0n) is 15.9. The van der Waals surface area contributed by atoms with Crippen LogP contribution in [0.3, 0.4) is 0 Å². The maximum Gasteiger partial charge on any atom is 0.275 e. The molecule has 28 heavy (non-hydrogen) atoms. The molecule has 0 aliphatic carbocycles. The average molecular weight is 397 g/mol. The van der Waals surface area contributed by atoms with Gasteiger partial charge in [-0.2, -0.15) is 0 Å². The van der Waals surface area contributed by atoms with Crippen LogP contribution >= 0.6 is 11.6 Å². The highest BCUT2D eigenvalue weighted by molar-refractivity contribution is 6.30. The van der Waals surface area contributed by atoms with Crippen LogP contribution in [0.5, 0.6) is 5.75 Å². The maximum atomic E-state index is 12.4. The molecule has 3 aromatic rings. The fraction of sp³-hybridized carbons (Fsp3) is 0.190. The summed E-state index contributed by atoms with van der Waals surface area (Å²) in [7, 11) is 0. The molecule has 0 spiro atoms. The number of hydrogen-bond donors (Lipinski definition) is 2. The number of hydrogen-bond acceptors (Lipinski definition) is 5. The first kappa shape index (κ1) is 19.6. The Hall–Kier alpha value is -3.12. The summed E-state index contributed by atoms with van der Waals surface area (Å²) in [5.41, 5.74) is 2.62. The summed E-state index contributed by atoms with van der Waals surface area (Å²) in [6.07, 6.45) is 3.07. The van der Waals surface area contributed by atoms with Gasteiger partial charge >= 0.3 is 0 Å². The van der Waals surface area contributed by atoms with E-state index < -0.39 is 0 Å². The topological polar surface area (TPSA) is 76.1 Å². The number of benzene rings is 2. The van der Waals surface area contributed by atoms with E-state index in [2.05, 4.69) is 20.6 Å². The standard InChI is InChI=1S/C21H21ClN4O2/c1-13(2)28-17-7-5-16(6-8-17)25-20-12-23-19(11-24-20)21(27)26-18-9-4-15(22)10-14(18)3/h4-13H,1-3H3,(H,24,25)(H,26,27). The van der Waals surface area contributed by atoms with E-state index in [1.807, 2.05) is 45.0 Å². The minimum absolute atomic E-state index is 0.125. The van der Waals surface area contributed by atoms with Crippen molar-refractivity contribution in [1.29, 1.82) is 0 Å². The van der Waals surface area contributed by atoms with Gasteiger partial charge in [0.05, 0.1) is 18.5 Å². The lowest BCUT2D eigenvalue weighted by Gasteiger charge is -2.11. The quantitative estimate of drug-likeness (QED) is 0.597. The van der Waals surface area contributed by atoms with Gasteiger partial charge in [-0.1, -0.05) is 11.6 Å². The monoisotopic (exact) mass is 396 g/mol. The lowest BCUT2D eigenvalue weighted by molar-refractivity contribution is 0.102. The molecule has 1 heterocycles. The van der Waals surface area contributed by atoms with Crippen molar-refractivity contribution in [3.8, 4) is 5.75 Å². The van der Waals surface area contributed by atoms with Crippen LogP contribution in [0.4, 0.5) is 17.2 Å². The van der Waals surface area contributed by atoms with Gasteiger partial charge in [-0.25, -0.2) is 9.97 Å². The van der Waals surface area contributed by atoms with Crippen molar-refractivity contribution < 1.29 is 9.53 Å². The summed E-state index contributed by atoms with van der Waals surface area (Å²) in [6.45, 7) is 5.83. The fourth-order valence-electron chi connectivity index (χ4n) is 2.50. The number of carbonyl (C=O) groups is 1. The molecule has 3 rings (SSSR count). The van der Waals surface area contributed by atoms with Crippen molar-refractivity contribution in [2.45, 2.75) is 26.9 Å². The lowest BCUT2D eigenvalue weighted by Crippen LogP contribution is -2.15. The predicted molar refractivity (Wildman–Crippen MR) is 112 cm³/mol. The van der Waals surface area contributed by atoms with Crippen molar-refractivity contribution in [3.05, 3.63) is 71.1 Å². The Morgan fingerprint density at radius 3 is 2.43 bits per heavy atom. The smallest absolute Gasteiger partial charge is 0.275 e. The summed E-state index contributed by atoms with van der Waals surface area (Å²) < 4.78 is 5.62. The SMILES string of the molecule is Cc1cc(Cl)ccc1NC(=O)c1cnc(Nc2ccc(OC(C)C)cc2)cn1. The molecule has 0 atom stereocenters. The van der Waals surface area contributed by atoms with Gasteiger partial charge in [0.15, 0.2) is 0 Å². The number of halogens is 1. The van der Waals surface area contributed by atoms with Crippen molar-refractivity contribution in [3.63, 3.8) is 0 Å². The van der Waals surface area contributed by atoms with E-state index in [-0.39, 0.29) is 17.7 Å². The van der Waals surface area contributed by atoms with E-state index in [1.165, 1.54) is 12.4 Å². The van der Waals surface area contributed by atoms with Crippen LogP contribution in [0.1, 0.15) is 29.9 Å². The zero-order valence-corrected chi connectivity index (χ0v) is 16.6. The second kappa shape index (κ2) is 8.71. The summed E-state index contributed by atoms with van der Waals surface area (Å²) in [5.74, 6) is 1.01. The third-order valence-corrected chi connectivity index (χ3v) is 4.05. The summed E-state index contributed by atoms with van der Waals surface area (Å²) in [4.78, 5) is 20.8. The number of nitrogens with zero attached hydrogens (tertiary/aromatic N) is 2. The molecule has 0 bridgehead atoms. The van der Waals surface area contributed by atoms with Gasteiger partial charge in [0.1, 0.15) is 17.3 Å². The minimum Gasteiger partial charge on any atom is -0.491 e. The maximum absolute atomic E-state index is 12.4. The molecule has 144 valence electrons. The molecule has 0 saturated carbocycles. The Morgan fingerprint density at radius 1 is 1.07 bits per heavy atom. The van der Waals surface area contributed by atoms with Crippen LogP contribution in [0.25, 0.3) is 0 Å². The molecule has 7 heteroatoms. The number of amides is 1. The summed E-state index contributed by atoms with van der Waals surface area (Å²) in [6, 6.07) is 12.8. The van der Waals surface area contributed by atoms with Crippen LogP contribution in [0, 0.1) is 6.92 Å². The van der Waals surface area contributed by atoms with Crippen LogP contribution < -0.4 is 15.4 Å². The van der Waals surface area contributed by atoms with Gasteiger partial charge in [0.25, 0.3) is 5.91 Å². The predicted octanol–water partition coefficient (Wildman–Crippen LogP) is 5.22. The fourth-order valence-corrected chi connectivity index (χ4v) is 2.73. The first-order valence-corrected chi connectivity index (χ1v) is 9.22. The first-order valence-electron chi connectivity index (χ1n) is 8.84. The van der Waals surface area contributed by atoms with E-state index in [4.69, 9.17) is 16.3 Å². The van der Waals surface area contributed by atoms with E-state index in [0.717, 1.165) is 17.0 Å². The van der Waals surface area contributed by atoms with Crippen molar-refractivity contribution >= 4 is 34.7 Å². The molecule has 0 aliphatic rings. The van der Waals surface area contributed by atoms with Crippen molar-refractivity contribution in [2.75, 3.05) is 10.6 Å². The number of aryl methyl sites for hydroxylation is 1. The van der Waals surface area contributed by atoms with E-state index >= 15 is 0 Å². The van der Waals surface area contributed by atoms with Gasteiger partial charge in [0.2, 0.25) is 0 Å². The van der Waals surface area contributed by atoms with Gasteiger partial charge in [0, 0.05) is 16.4 Å². The highest BCUT2D eigenvalue weighted by Gasteiger charge is 2.10. The largest absolute Gasteiger partial charge is 0.491 e. The average Bonchev–Trinajstić information content (AvgIpc) is 2.66. The normalized spacial score (nSPS) is 10.6. The Kier molecular flexibility index (Phi) is 6.11. The second-order valence-electron chi connectivity index (χ2n) is 6.52. The molecule has 0 aliphatic heterocycles. The van der Waals surface area contributed by atoms with E-state index in [0.29, 0.717) is 16.5 Å². The molecule has 0 fully saturated rings. The van der Waals surface area contributed by atoms with E-state index in [9.17, 15) is 4.79 Å². The van der Waals surface area contributed by atoms with Crippen LogP contribution in [-0.4, -0.2) is 22.0 Å². The molecule has 1 amide bonds.